The molecule has 1 fully saturated rings. The van der Waals surface area contributed by atoms with E-state index in [9.17, 15) is 13.2 Å². The van der Waals surface area contributed by atoms with Crippen molar-refractivity contribution >= 4 is 37.0 Å². The molecule has 0 bridgehead atoms. The van der Waals surface area contributed by atoms with Crippen molar-refractivity contribution in [3.8, 4) is 0 Å². The first kappa shape index (κ1) is 13.8. The summed E-state index contributed by atoms with van der Waals surface area (Å²) in [4.78, 5) is 12.1. The van der Waals surface area contributed by atoms with Gasteiger partial charge in [0.05, 0.1) is 11.5 Å². The Bertz CT molecular complexity index is 743. The number of ketones is 1. The van der Waals surface area contributed by atoms with Crippen LogP contribution in [0, 0.1) is 5.92 Å². The number of sulfone groups is 1. The molecule has 2 aromatic rings. The molecule has 1 aliphatic heterocycles. The summed E-state index contributed by atoms with van der Waals surface area (Å²) in [5.74, 6) is 0.600. The number of carbonyl (C=O) groups is 1. The number of hydrogen-bond donors (Lipinski definition) is 0. The highest BCUT2D eigenvalue weighted by atomic mass is 32.2. The lowest BCUT2D eigenvalue weighted by molar-refractivity contribution is -0.119. The second kappa shape index (κ2) is 5.30. The Morgan fingerprint density at radius 2 is 2.10 bits per heavy atom. The zero-order valence-corrected chi connectivity index (χ0v) is 12.7. The normalized spacial score (nSPS) is 21.3. The van der Waals surface area contributed by atoms with Gasteiger partial charge >= 0.3 is 0 Å². The summed E-state index contributed by atoms with van der Waals surface area (Å²) in [6, 6.07) is 8.06. The van der Waals surface area contributed by atoms with Crippen molar-refractivity contribution in [1.82, 2.24) is 0 Å². The number of carbonyl (C=O) groups excluding carboxylic acids is 1. The van der Waals surface area contributed by atoms with Crippen LogP contribution in [-0.2, 0) is 21.1 Å². The minimum Gasteiger partial charge on any atom is -0.299 e. The largest absolute Gasteiger partial charge is 0.299 e. The Balaban J connectivity index is 1.67. The smallest absolute Gasteiger partial charge is 0.150 e. The van der Waals surface area contributed by atoms with Crippen molar-refractivity contribution in [3.05, 3.63) is 35.2 Å². The van der Waals surface area contributed by atoms with Crippen molar-refractivity contribution in [2.45, 2.75) is 19.3 Å². The zero-order chi connectivity index (χ0) is 14.2. The average Bonchev–Trinajstić information content (AvgIpc) is 2.94. The van der Waals surface area contributed by atoms with E-state index >= 15 is 0 Å². The van der Waals surface area contributed by atoms with Crippen molar-refractivity contribution in [1.29, 1.82) is 0 Å². The summed E-state index contributed by atoms with van der Waals surface area (Å²) in [5, 5.41) is 3.18. The molecule has 3 rings (SSSR count). The number of hydrogen-bond acceptors (Lipinski definition) is 4. The summed E-state index contributed by atoms with van der Waals surface area (Å²) in [5.41, 5.74) is 1.07. The number of fused-ring (bicyclic) bond motifs is 1. The number of thiophene rings is 1. The molecule has 1 aliphatic rings. The molecule has 106 valence electrons. The molecule has 20 heavy (non-hydrogen) atoms. The second-order valence-electron chi connectivity index (χ2n) is 5.45. The summed E-state index contributed by atoms with van der Waals surface area (Å²) < 4.78 is 24.0. The van der Waals surface area contributed by atoms with E-state index in [2.05, 4.69) is 6.07 Å². The molecule has 1 unspecified atom stereocenters. The van der Waals surface area contributed by atoms with Crippen LogP contribution in [0.2, 0.25) is 0 Å². The van der Waals surface area contributed by atoms with E-state index in [1.54, 1.807) is 11.3 Å². The summed E-state index contributed by atoms with van der Waals surface area (Å²) >= 11 is 1.65. The van der Waals surface area contributed by atoms with Crippen LogP contribution < -0.4 is 0 Å². The van der Waals surface area contributed by atoms with Crippen LogP contribution in [0.4, 0.5) is 0 Å². The fourth-order valence-electron chi connectivity index (χ4n) is 2.81. The highest BCUT2D eigenvalue weighted by Crippen LogP contribution is 2.27. The van der Waals surface area contributed by atoms with E-state index in [1.807, 2.05) is 23.6 Å². The van der Waals surface area contributed by atoms with E-state index < -0.39 is 9.84 Å². The molecular weight excluding hydrogens is 292 g/mol. The van der Waals surface area contributed by atoms with Crippen LogP contribution in [0.15, 0.2) is 29.6 Å². The lowest BCUT2D eigenvalue weighted by Crippen LogP contribution is -2.12. The molecule has 0 saturated carbocycles. The van der Waals surface area contributed by atoms with Crippen LogP contribution in [0.3, 0.4) is 0 Å². The lowest BCUT2D eigenvalue weighted by Gasteiger charge is -2.06. The molecule has 5 heteroatoms. The molecule has 3 nitrogen and oxygen atoms in total. The number of Topliss-reactive ketones (excluding diaryl/α,β-unsaturated/α-hetero) is 1. The third-order valence-electron chi connectivity index (χ3n) is 3.79. The van der Waals surface area contributed by atoms with Gasteiger partial charge in [-0.15, -0.1) is 11.3 Å². The molecule has 1 saturated heterocycles. The van der Waals surface area contributed by atoms with Gasteiger partial charge in [0.1, 0.15) is 5.78 Å². The van der Waals surface area contributed by atoms with Crippen LogP contribution in [-0.4, -0.2) is 25.7 Å². The van der Waals surface area contributed by atoms with Crippen LogP contribution >= 0.6 is 11.3 Å². The SMILES string of the molecule is O=C(Cc1csc2ccccc12)CC1CCS(=O)(=O)C1. The minimum atomic E-state index is -2.89. The van der Waals surface area contributed by atoms with E-state index in [0.29, 0.717) is 19.3 Å². The average molecular weight is 308 g/mol. The Hall–Kier alpha value is -1.20. The molecule has 2 heterocycles. The van der Waals surface area contributed by atoms with Gasteiger partial charge in [0.2, 0.25) is 0 Å². The highest BCUT2D eigenvalue weighted by Gasteiger charge is 2.29. The van der Waals surface area contributed by atoms with Crippen molar-refractivity contribution in [3.63, 3.8) is 0 Å². The fourth-order valence-corrected chi connectivity index (χ4v) is 5.63. The maximum atomic E-state index is 12.1. The van der Waals surface area contributed by atoms with Gasteiger partial charge in [-0.3, -0.25) is 4.79 Å². The van der Waals surface area contributed by atoms with Crippen LogP contribution in [0.1, 0.15) is 18.4 Å². The quantitative estimate of drug-likeness (QED) is 0.872. The number of rotatable bonds is 4. The Kier molecular flexibility index (Phi) is 3.65. The summed E-state index contributed by atoms with van der Waals surface area (Å²) in [6.45, 7) is 0. The van der Waals surface area contributed by atoms with Crippen LogP contribution in [0.25, 0.3) is 10.1 Å². The van der Waals surface area contributed by atoms with E-state index in [4.69, 9.17) is 0 Å². The van der Waals surface area contributed by atoms with Gasteiger partial charge in [-0.1, -0.05) is 18.2 Å². The van der Waals surface area contributed by atoms with Gasteiger partial charge in [-0.25, -0.2) is 8.42 Å². The minimum absolute atomic E-state index is 0.0254. The molecular formula is C15H16O3S2. The predicted octanol–water partition coefficient (Wildman–Crippen LogP) is 2.84. The van der Waals surface area contributed by atoms with Gasteiger partial charge in [0, 0.05) is 17.5 Å². The van der Waals surface area contributed by atoms with E-state index in [-0.39, 0.29) is 23.2 Å². The van der Waals surface area contributed by atoms with Crippen LogP contribution in [0.5, 0.6) is 0 Å². The molecule has 1 atom stereocenters. The lowest BCUT2D eigenvalue weighted by atomic mass is 9.98. The van der Waals surface area contributed by atoms with Gasteiger partial charge < -0.3 is 0 Å². The summed E-state index contributed by atoms with van der Waals surface area (Å²) in [7, 11) is -2.89. The van der Waals surface area contributed by atoms with Gasteiger partial charge in [0.15, 0.2) is 9.84 Å². The fraction of sp³-hybridized carbons (Fsp3) is 0.400. The zero-order valence-electron chi connectivity index (χ0n) is 11.0. The Labute approximate surface area is 122 Å². The first-order valence-corrected chi connectivity index (χ1v) is 9.41. The second-order valence-corrected chi connectivity index (χ2v) is 8.59. The highest BCUT2D eigenvalue weighted by molar-refractivity contribution is 7.91. The first-order chi connectivity index (χ1) is 9.53. The van der Waals surface area contributed by atoms with E-state index in [1.165, 1.54) is 4.70 Å². The monoisotopic (exact) mass is 308 g/mol. The maximum absolute atomic E-state index is 12.1. The maximum Gasteiger partial charge on any atom is 0.150 e. The van der Waals surface area contributed by atoms with Gasteiger partial charge in [-0.2, -0.15) is 0 Å². The van der Waals surface area contributed by atoms with Gasteiger partial charge in [0.25, 0.3) is 0 Å². The van der Waals surface area contributed by atoms with E-state index in [0.717, 1.165) is 10.9 Å². The standard InChI is InChI=1S/C15H16O3S2/c16-13(7-11-5-6-20(17,18)10-11)8-12-9-19-15-4-2-1-3-14(12)15/h1-4,9,11H,5-8,10H2. The molecule has 1 aromatic heterocycles. The summed E-state index contributed by atoms with van der Waals surface area (Å²) in [6.07, 6.45) is 1.45. The first-order valence-electron chi connectivity index (χ1n) is 6.71. The molecule has 0 amide bonds. The number of benzene rings is 1. The van der Waals surface area contributed by atoms with Crippen molar-refractivity contribution in [2.24, 2.45) is 5.92 Å². The van der Waals surface area contributed by atoms with Crippen molar-refractivity contribution in [2.75, 3.05) is 11.5 Å². The molecule has 0 aliphatic carbocycles. The molecule has 0 spiro atoms. The Morgan fingerprint density at radius 3 is 2.85 bits per heavy atom. The molecule has 0 N–H and O–H groups in total. The van der Waals surface area contributed by atoms with Gasteiger partial charge in [-0.05, 0) is 34.7 Å². The van der Waals surface area contributed by atoms with Crippen molar-refractivity contribution < 1.29 is 13.2 Å². The third-order valence-corrected chi connectivity index (χ3v) is 6.64. The molecule has 1 aromatic carbocycles. The third kappa shape index (κ3) is 2.94. The predicted molar refractivity (Wildman–Crippen MR) is 81.9 cm³/mol. The topological polar surface area (TPSA) is 51.2 Å². The molecule has 0 radical (unpaired) electrons. The Morgan fingerprint density at radius 1 is 1.30 bits per heavy atom.